The number of nitrogens with one attached hydrogen (secondary N) is 9. The molecular weight excluding hydrogens is 1050 g/mol. The highest BCUT2D eigenvalue weighted by molar-refractivity contribution is 5.99. The van der Waals surface area contributed by atoms with Crippen LogP contribution >= 0.6 is 0 Å². The zero-order valence-corrected chi connectivity index (χ0v) is 44.6. The van der Waals surface area contributed by atoms with Crippen LogP contribution in [0.1, 0.15) is 83.3 Å². The summed E-state index contributed by atoms with van der Waals surface area (Å²) >= 11 is 0. The Bertz CT molecular complexity index is 2720. The van der Waals surface area contributed by atoms with E-state index in [1.165, 1.54) is 31.2 Å². The molecule has 9 amide bonds. The second-order valence-corrected chi connectivity index (χ2v) is 19.4. The Hall–Kier alpha value is -8.66. The Kier molecular flexibility index (Phi) is 24.8. The van der Waals surface area contributed by atoms with Crippen LogP contribution in [-0.4, -0.2) is 176 Å². The van der Waals surface area contributed by atoms with Crippen LogP contribution in [0, 0.1) is 5.92 Å². The van der Waals surface area contributed by atoms with Gasteiger partial charge in [0.1, 0.15) is 48.0 Å². The molecule has 2 aromatic carbocycles. The molecular formula is C52H72N12O16. The number of aromatic hydroxyl groups is 1. The number of aromatic amines is 1. The maximum absolute atomic E-state index is 13.9. The molecule has 0 aliphatic carbocycles. The topological polar surface area (TPSA) is 453 Å². The third-order valence-corrected chi connectivity index (χ3v) is 13.3. The first-order chi connectivity index (χ1) is 37.9. The minimum atomic E-state index is -1.88. The van der Waals surface area contributed by atoms with Crippen LogP contribution in [0.4, 0.5) is 0 Å². The van der Waals surface area contributed by atoms with Crippen molar-refractivity contribution in [3.8, 4) is 5.75 Å². The molecule has 3 aromatic rings. The van der Waals surface area contributed by atoms with E-state index in [-0.39, 0.29) is 44.4 Å². The normalized spacial score (nSPS) is 16.0. The molecule has 0 spiro atoms. The summed E-state index contributed by atoms with van der Waals surface area (Å²) in [4.78, 5) is 161. The number of phenolic OH excluding ortho intramolecular Hbond substituents is 1. The van der Waals surface area contributed by atoms with Crippen LogP contribution in [0.25, 0.3) is 10.9 Å². The van der Waals surface area contributed by atoms with Crippen molar-refractivity contribution in [1.82, 2.24) is 52.4 Å². The van der Waals surface area contributed by atoms with Crippen molar-refractivity contribution in [2.45, 2.75) is 133 Å². The number of para-hydroxylation sites is 1. The van der Waals surface area contributed by atoms with Crippen molar-refractivity contribution < 1.29 is 78.0 Å². The molecule has 0 bridgehead atoms. The van der Waals surface area contributed by atoms with Crippen molar-refractivity contribution in [2.75, 3.05) is 26.2 Å². The molecule has 2 heterocycles. The lowest BCUT2D eigenvalue weighted by molar-refractivity contribution is -0.146. The van der Waals surface area contributed by atoms with E-state index >= 15 is 0 Å². The molecule has 28 nitrogen and oxygen atoms in total. The van der Waals surface area contributed by atoms with Gasteiger partial charge in [-0.25, -0.2) is 4.79 Å². The molecule has 17 N–H and O–H groups in total. The van der Waals surface area contributed by atoms with Crippen molar-refractivity contribution in [3.63, 3.8) is 0 Å². The number of carbonyl (C=O) groups is 12. The Balaban J connectivity index is 1.38. The van der Waals surface area contributed by atoms with Crippen LogP contribution in [0.15, 0.2) is 54.7 Å². The minimum absolute atomic E-state index is 0.0251. The lowest BCUT2D eigenvalue weighted by Gasteiger charge is -2.29. The molecule has 9 atom stereocenters. The molecule has 1 aliphatic heterocycles. The number of aliphatic carboxylic acids is 3. The Morgan fingerprint density at radius 1 is 0.688 bits per heavy atom. The maximum Gasteiger partial charge on any atom is 0.326 e. The number of aromatic nitrogens is 1. The van der Waals surface area contributed by atoms with Crippen molar-refractivity contribution in [2.24, 2.45) is 17.4 Å². The molecule has 0 unspecified atom stereocenters. The number of carboxylic acid groups (broad SMARTS) is 3. The summed E-state index contributed by atoms with van der Waals surface area (Å²) in [7, 11) is 0. The number of phenols is 1. The number of carboxylic acids is 3. The first kappa shape index (κ1) is 63.9. The third kappa shape index (κ3) is 19.7. The number of nitrogens with two attached hydrogens (primary N) is 2. The van der Waals surface area contributed by atoms with E-state index in [9.17, 15) is 78.0 Å². The van der Waals surface area contributed by atoms with Crippen LogP contribution in [0.3, 0.4) is 0 Å². The van der Waals surface area contributed by atoms with Gasteiger partial charge in [0.05, 0.1) is 32.0 Å². The molecule has 1 fully saturated rings. The molecule has 1 aromatic heterocycles. The van der Waals surface area contributed by atoms with Crippen molar-refractivity contribution in [1.29, 1.82) is 0 Å². The number of hydrogen-bond donors (Lipinski definition) is 15. The van der Waals surface area contributed by atoms with Gasteiger partial charge in [0.2, 0.25) is 53.2 Å². The van der Waals surface area contributed by atoms with Gasteiger partial charge in [-0.15, -0.1) is 0 Å². The second-order valence-electron chi connectivity index (χ2n) is 19.4. The number of unbranched alkanes of at least 4 members (excludes halogenated alkanes) is 1. The highest BCUT2D eigenvalue weighted by atomic mass is 16.4. The smallest absolute Gasteiger partial charge is 0.326 e. The summed E-state index contributed by atoms with van der Waals surface area (Å²) in [5.74, 6) is -13.2. The first-order valence-electron chi connectivity index (χ1n) is 26.0. The van der Waals surface area contributed by atoms with Gasteiger partial charge in [-0.05, 0) is 87.2 Å². The zero-order chi connectivity index (χ0) is 59.2. The quantitative estimate of drug-likeness (QED) is 0.0284. The number of rotatable bonds is 32. The van der Waals surface area contributed by atoms with Crippen LogP contribution < -0.4 is 54.0 Å². The third-order valence-electron chi connectivity index (χ3n) is 13.3. The summed E-state index contributed by atoms with van der Waals surface area (Å²) in [5.41, 5.74) is 13.6. The fourth-order valence-electron chi connectivity index (χ4n) is 8.66. The lowest BCUT2D eigenvalue weighted by atomic mass is 9.97. The van der Waals surface area contributed by atoms with Crippen LogP contribution in [-0.2, 0) is 70.4 Å². The summed E-state index contributed by atoms with van der Waals surface area (Å²) in [6.45, 7) is 3.47. The number of nitrogens with zero attached hydrogens (tertiary/aromatic N) is 1. The Morgan fingerprint density at radius 2 is 1.31 bits per heavy atom. The maximum atomic E-state index is 13.9. The van der Waals surface area contributed by atoms with Gasteiger partial charge >= 0.3 is 17.9 Å². The van der Waals surface area contributed by atoms with Crippen LogP contribution in [0.2, 0.25) is 0 Å². The lowest BCUT2D eigenvalue weighted by Crippen LogP contribution is -2.59. The minimum Gasteiger partial charge on any atom is -0.508 e. The summed E-state index contributed by atoms with van der Waals surface area (Å²) < 4.78 is 0. The average Bonchev–Trinajstić information content (AvgIpc) is 4.12. The number of amides is 9. The molecule has 1 saturated heterocycles. The predicted molar refractivity (Wildman–Crippen MR) is 284 cm³/mol. The molecule has 0 saturated carbocycles. The summed E-state index contributed by atoms with van der Waals surface area (Å²) in [6, 6.07) is 1.25. The highest BCUT2D eigenvalue weighted by Gasteiger charge is 2.40. The number of likely N-dealkylation sites (tertiary alicyclic amines) is 1. The molecule has 0 radical (unpaired) electrons. The largest absolute Gasteiger partial charge is 0.508 e. The monoisotopic (exact) mass is 1120 g/mol. The number of fused-ring (bicyclic) bond motifs is 1. The van der Waals surface area contributed by atoms with Gasteiger partial charge in [-0.3, -0.25) is 52.7 Å². The molecule has 436 valence electrons. The molecule has 80 heavy (non-hydrogen) atoms. The van der Waals surface area contributed by atoms with Gasteiger partial charge in [-0.1, -0.05) is 50.6 Å². The predicted octanol–water partition coefficient (Wildman–Crippen LogP) is -2.65. The van der Waals surface area contributed by atoms with Gasteiger partial charge in [0.15, 0.2) is 0 Å². The van der Waals surface area contributed by atoms with E-state index in [4.69, 9.17) is 11.5 Å². The van der Waals surface area contributed by atoms with Gasteiger partial charge in [0, 0.05) is 30.1 Å². The summed E-state index contributed by atoms with van der Waals surface area (Å²) in [5, 5.41) is 58.7. The second kappa shape index (κ2) is 31.1. The number of benzene rings is 2. The van der Waals surface area contributed by atoms with Gasteiger partial charge < -0.3 is 84.3 Å². The van der Waals surface area contributed by atoms with Gasteiger partial charge in [-0.2, -0.15) is 0 Å². The zero-order valence-electron chi connectivity index (χ0n) is 44.6. The first-order valence-corrected chi connectivity index (χ1v) is 26.0. The van der Waals surface area contributed by atoms with E-state index in [0.717, 1.165) is 15.8 Å². The highest BCUT2D eigenvalue weighted by Crippen LogP contribution is 2.22. The number of carbonyl (C=O) groups excluding carboxylic acids is 9. The fraction of sp³-hybridized carbons (Fsp3) is 0.500. The van der Waals surface area contributed by atoms with E-state index in [1.54, 1.807) is 26.1 Å². The molecule has 28 heteroatoms. The Morgan fingerprint density at radius 3 is 1.96 bits per heavy atom. The Labute approximate surface area is 459 Å². The van der Waals surface area contributed by atoms with Crippen molar-refractivity contribution >= 4 is 82.0 Å². The van der Waals surface area contributed by atoms with E-state index < -0.39 is 151 Å². The fourth-order valence-corrected chi connectivity index (χ4v) is 8.66. The molecule has 1 aliphatic rings. The van der Waals surface area contributed by atoms with Crippen molar-refractivity contribution in [3.05, 3.63) is 65.9 Å². The summed E-state index contributed by atoms with van der Waals surface area (Å²) in [6.07, 6.45) is 1.35. The molecule has 4 rings (SSSR count). The van der Waals surface area contributed by atoms with E-state index in [2.05, 4.69) is 47.5 Å². The number of hydrogen-bond acceptors (Lipinski definition) is 15. The van der Waals surface area contributed by atoms with E-state index in [1.807, 2.05) is 18.2 Å². The number of H-pyrrole nitrogens is 1. The van der Waals surface area contributed by atoms with Crippen LogP contribution in [0.5, 0.6) is 5.75 Å². The average molecular weight is 1120 g/mol. The standard InChI is InChI=1S/C52H72N12O16/c1-4-27(2)44(50(77)59-35(52(79)80)12-7-8-18-53)63-41(67)26-56-40(66)25-57-47(74)36(20-29-14-16-31(65)17-15-29)61-48(75)37(22-42(68)69)60-45(72)28(3)58-49(76)39-13-9-19-64(39)51(78)38(23-43(70)71)62-46(73)33(54)21-30-24-55-34-11-6-5-10-32(30)34/h5-6,10-11,14-17,24,27-28,33,35-39,44,55,65H,4,7-9,12-13,18-23,25-26,53-54H2,1-3H3,(H,56,66)(H,57,74)(H,58,76)(H,59,77)(H,60,72)(H,61,75)(H,62,73)(H,63,67)(H,68,69)(H,70,71)(H,79,80)/t27-,28-,33-,35-,36-,37-,38+,39-,44-/m0/s1. The SMILES string of the molecule is CC[C@H](C)[C@H](NC(=O)CNC(=O)CNC(=O)[C@H](Cc1ccc(O)cc1)NC(=O)[C@H](CC(=O)O)NC(=O)[C@H](C)NC(=O)[C@@H]1CCCN1C(=O)[C@@H](CC(=O)O)NC(=O)[C@@H](N)Cc1c[nH]c2ccccc12)C(=O)N[C@@H](CCCCN)C(=O)O. The van der Waals surface area contributed by atoms with Gasteiger partial charge in [0.25, 0.3) is 0 Å². The van der Waals surface area contributed by atoms with E-state index in [0.29, 0.717) is 36.9 Å².